The molecule has 1 aromatic carbocycles. The van der Waals surface area contributed by atoms with Crippen molar-refractivity contribution >= 4 is 11.9 Å². The Bertz CT molecular complexity index is 501. The zero-order chi connectivity index (χ0) is 15.8. The molecule has 3 N–H and O–H groups in total. The molecule has 0 aliphatic carbocycles. The lowest BCUT2D eigenvalue weighted by molar-refractivity contribution is -0.147. The summed E-state index contributed by atoms with van der Waals surface area (Å²) in [6, 6.07) is 5.81. The SMILES string of the molecule is Cc1ccc(OCCC(=O)NCC[C@H](O)C(=O)O)c(C)c1. The Morgan fingerprint density at radius 1 is 1.33 bits per heavy atom. The maximum Gasteiger partial charge on any atom is 0.332 e. The van der Waals surface area contributed by atoms with Gasteiger partial charge in [-0.05, 0) is 25.5 Å². The number of nitrogens with one attached hydrogen (secondary N) is 1. The van der Waals surface area contributed by atoms with Gasteiger partial charge in [-0.2, -0.15) is 0 Å². The number of amides is 1. The van der Waals surface area contributed by atoms with Crippen molar-refractivity contribution in [1.82, 2.24) is 5.32 Å². The molecule has 0 spiro atoms. The van der Waals surface area contributed by atoms with Crippen LogP contribution in [0.2, 0.25) is 0 Å². The smallest absolute Gasteiger partial charge is 0.332 e. The number of aliphatic hydroxyl groups excluding tert-OH is 1. The number of hydrogen-bond donors (Lipinski definition) is 3. The summed E-state index contributed by atoms with van der Waals surface area (Å²) in [5, 5.41) is 20.1. The van der Waals surface area contributed by atoms with E-state index in [4.69, 9.17) is 14.9 Å². The Labute approximate surface area is 123 Å². The number of aliphatic hydroxyl groups is 1. The van der Waals surface area contributed by atoms with Gasteiger partial charge in [-0.15, -0.1) is 0 Å². The van der Waals surface area contributed by atoms with Crippen molar-refractivity contribution in [2.24, 2.45) is 0 Å². The van der Waals surface area contributed by atoms with Gasteiger partial charge in [0.15, 0.2) is 6.10 Å². The van der Waals surface area contributed by atoms with Crippen LogP contribution >= 0.6 is 0 Å². The molecule has 1 atom stereocenters. The maximum atomic E-state index is 11.5. The summed E-state index contributed by atoms with van der Waals surface area (Å²) < 4.78 is 5.52. The summed E-state index contributed by atoms with van der Waals surface area (Å²) in [6.45, 7) is 4.30. The second kappa shape index (κ2) is 8.26. The van der Waals surface area contributed by atoms with E-state index < -0.39 is 12.1 Å². The molecule has 21 heavy (non-hydrogen) atoms. The van der Waals surface area contributed by atoms with Crippen LogP contribution in [0.15, 0.2) is 18.2 Å². The van der Waals surface area contributed by atoms with Crippen molar-refractivity contribution in [3.05, 3.63) is 29.3 Å². The molecule has 0 bridgehead atoms. The Kier molecular flexibility index (Phi) is 6.68. The van der Waals surface area contributed by atoms with Crippen molar-refractivity contribution in [2.75, 3.05) is 13.2 Å². The highest BCUT2D eigenvalue weighted by Gasteiger charge is 2.12. The highest BCUT2D eigenvalue weighted by atomic mass is 16.5. The second-order valence-corrected chi connectivity index (χ2v) is 4.86. The summed E-state index contributed by atoms with van der Waals surface area (Å²) in [5.74, 6) is -0.783. The number of carboxylic acid groups (broad SMARTS) is 1. The lowest BCUT2D eigenvalue weighted by atomic mass is 10.1. The first kappa shape index (κ1) is 17.0. The van der Waals surface area contributed by atoms with Gasteiger partial charge in [-0.3, -0.25) is 4.79 Å². The number of rotatable bonds is 8. The molecule has 6 nitrogen and oxygen atoms in total. The van der Waals surface area contributed by atoms with E-state index >= 15 is 0 Å². The minimum absolute atomic E-state index is 0.0149. The van der Waals surface area contributed by atoms with E-state index in [0.717, 1.165) is 16.9 Å². The third-order valence-electron chi connectivity index (χ3n) is 2.94. The third-order valence-corrected chi connectivity index (χ3v) is 2.94. The average Bonchev–Trinajstić information content (AvgIpc) is 2.41. The lowest BCUT2D eigenvalue weighted by Gasteiger charge is -2.10. The van der Waals surface area contributed by atoms with E-state index in [1.165, 1.54) is 0 Å². The summed E-state index contributed by atoms with van der Waals surface area (Å²) in [5.41, 5.74) is 2.16. The van der Waals surface area contributed by atoms with Crippen molar-refractivity contribution in [1.29, 1.82) is 0 Å². The van der Waals surface area contributed by atoms with Crippen LogP contribution in [0.4, 0.5) is 0 Å². The molecule has 0 radical (unpaired) electrons. The van der Waals surface area contributed by atoms with Gasteiger partial charge < -0.3 is 20.3 Å². The van der Waals surface area contributed by atoms with E-state index in [2.05, 4.69) is 5.32 Å². The molecule has 0 unspecified atom stereocenters. The van der Waals surface area contributed by atoms with Gasteiger partial charge in [0.1, 0.15) is 5.75 Å². The van der Waals surface area contributed by atoms with Gasteiger partial charge in [0.05, 0.1) is 13.0 Å². The van der Waals surface area contributed by atoms with Crippen LogP contribution in [0, 0.1) is 13.8 Å². The molecule has 1 aromatic rings. The van der Waals surface area contributed by atoms with Crippen LogP contribution in [-0.2, 0) is 9.59 Å². The topological polar surface area (TPSA) is 95.9 Å². The van der Waals surface area contributed by atoms with Crippen LogP contribution in [0.3, 0.4) is 0 Å². The lowest BCUT2D eigenvalue weighted by Crippen LogP contribution is -2.30. The highest BCUT2D eigenvalue weighted by molar-refractivity contribution is 5.76. The van der Waals surface area contributed by atoms with Gasteiger partial charge in [0.2, 0.25) is 5.91 Å². The number of benzene rings is 1. The number of aliphatic carboxylic acids is 1. The van der Waals surface area contributed by atoms with Crippen LogP contribution < -0.4 is 10.1 Å². The number of carbonyl (C=O) groups excluding carboxylic acids is 1. The van der Waals surface area contributed by atoms with Crippen molar-refractivity contribution in [3.63, 3.8) is 0 Å². The number of carbonyl (C=O) groups is 2. The Morgan fingerprint density at radius 3 is 2.67 bits per heavy atom. The fourth-order valence-electron chi connectivity index (χ4n) is 1.78. The summed E-state index contributed by atoms with van der Waals surface area (Å²) in [7, 11) is 0. The zero-order valence-electron chi connectivity index (χ0n) is 12.3. The quantitative estimate of drug-likeness (QED) is 0.665. The molecular weight excluding hydrogens is 274 g/mol. The van der Waals surface area contributed by atoms with Crippen LogP contribution in [0.25, 0.3) is 0 Å². The molecule has 0 saturated heterocycles. The molecule has 0 saturated carbocycles. The third kappa shape index (κ3) is 6.27. The number of carboxylic acids is 1. The average molecular weight is 295 g/mol. The Morgan fingerprint density at radius 2 is 2.05 bits per heavy atom. The fraction of sp³-hybridized carbons (Fsp3) is 0.467. The molecule has 1 amide bonds. The molecule has 1 rings (SSSR count). The molecule has 0 aliphatic rings. The maximum absolute atomic E-state index is 11.5. The monoisotopic (exact) mass is 295 g/mol. The molecule has 0 aliphatic heterocycles. The molecular formula is C15H21NO5. The van der Waals surface area contributed by atoms with Crippen LogP contribution in [-0.4, -0.2) is 41.3 Å². The first-order chi connectivity index (χ1) is 9.90. The van der Waals surface area contributed by atoms with Gasteiger partial charge >= 0.3 is 5.97 Å². The summed E-state index contributed by atoms with van der Waals surface area (Å²) in [4.78, 5) is 21.9. The Balaban J connectivity index is 2.23. The normalized spacial score (nSPS) is 11.8. The van der Waals surface area contributed by atoms with Crippen molar-refractivity contribution in [2.45, 2.75) is 32.8 Å². The minimum atomic E-state index is -1.45. The van der Waals surface area contributed by atoms with Gasteiger partial charge in [0, 0.05) is 13.0 Å². The highest BCUT2D eigenvalue weighted by Crippen LogP contribution is 2.18. The molecule has 116 valence electrons. The number of aryl methyl sites for hydroxylation is 2. The van der Waals surface area contributed by atoms with E-state index in [0.29, 0.717) is 0 Å². The van der Waals surface area contributed by atoms with Crippen LogP contribution in [0.1, 0.15) is 24.0 Å². The van der Waals surface area contributed by atoms with E-state index in [1.807, 2.05) is 32.0 Å². The molecule has 0 aromatic heterocycles. The van der Waals surface area contributed by atoms with E-state index in [9.17, 15) is 9.59 Å². The fourth-order valence-corrected chi connectivity index (χ4v) is 1.78. The minimum Gasteiger partial charge on any atom is -0.493 e. The van der Waals surface area contributed by atoms with Crippen molar-refractivity contribution in [3.8, 4) is 5.75 Å². The largest absolute Gasteiger partial charge is 0.493 e. The first-order valence-corrected chi connectivity index (χ1v) is 6.77. The Hall–Kier alpha value is -2.08. The molecule has 0 heterocycles. The van der Waals surface area contributed by atoms with Crippen molar-refractivity contribution < 1.29 is 24.5 Å². The number of ether oxygens (including phenoxy) is 1. The number of hydrogen-bond acceptors (Lipinski definition) is 4. The van der Waals surface area contributed by atoms with Crippen LogP contribution in [0.5, 0.6) is 5.75 Å². The standard InChI is InChI=1S/C15H21NO5/c1-10-3-4-13(11(2)9-10)21-8-6-14(18)16-7-5-12(17)15(19)20/h3-4,9,12,17H,5-8H2,1-2H3,(H,16,18)(H,19,20)/t12-/m0/s1. The summed E-state index contributed by atoms with van der Waals surface area (Å²) >= 11 is 0. The predicted molar refractivity (Wildman–Crippen MR) is 77.3 cm³/mol. The van der Waals surface area contributed by atoms with Gasteiger partial charge in [-0.25, -0.2) is 4.79 Å². The summed E-state index contributed by atoms with van der Waals surface area (Å²) in [6.07, 6.45) is -1.29. The zero-order valence-corrected chi connectivity index (χ0v) is 12.3. The van der Waals surface area contributed by atoms with Gasteiger partial charge in [0.25, 0.3) is 0 Å². The molecule has 6 heteroatoms. The van der Waals surface area contributed by atoms with Gasteiger partial charge in [-0.1, -0.05) is 17.7 Å². The van der Waals surface area contributed by atoms with E-state index in [-0.39, 0.29) is 31.9 Å². The second-order valence-electron chi connectivity index (χ2n) is 4.86. The molecule has 0 fully saturated rings. The first-order valence-electron chi connectivity index (χ1n) is 6.77. The van der Waals surface area contributed by atoms with E-state index in [1.54, 1.807) is 0 Å². The predicted octanol–water partition coefficient (Wildman–Crippen LogP) is 1.02.